The Bertz CT molecular complexity index is 168. The first-order chi connectivity index (χ1) is 5.34. The normalized spacial score (nSPS) is 21.5. The van der Waals surface area contributed by atoms with Crippen LogP contribution in [0.2, 0.25) is 0 Å². The van der Waals surface area contributed by atoms with Crippen LogP contribution in [0.3, 0.4) is 0 Å². The monoisotopic (exact) mass is 152 g/mol. The van der Waals surface area contributed by atoms with Gasteiger partial charge in [-0.2, -0.15) is 0 Å². The molecule has 1 aliphatic rings. The molecule has 0 aromatic carbocycles. The van der Waals surface area contributed by atoms with E-state index in [1.54, 1.807) is 0 Å². The lowest BCUT2D eigenvalue weighted by Gasteiger charge is -1.93. The van der Waals surface area contributed by atoms with Gasteiger partial charge in [-0.05, 0) is 24.8 Å². The topological polar surface area (TPSA) is 17.1 Å². The maximum Gasteiger partial charge on any atom is 0.158 e. The minimum Gasteiger partial charge on any atom is -0.295 e. The van der Waals surface area contributed by atoms with Crippen molar-refractivity contribution >= 4 is 5.78 Å². The Labute approximate surface area is 68.5 Å². The summed E-state index contributed by atoms with van der Waals surface area (Å²) in [5.74, 6) is 0.390. The molecule has 1 nitrogen and oxygen atoms in total. The molecule has 1 heteroatoms. The van der Waals surface area contributed by atoms with Crippen molar-refractivity contribution < 1.29 is 4.79 Å². The standard InChI is InChI=1S/C10H16O/c1-2-3-4-6-9-7-5-8-10(9)11/h6H,2-5,7-8H2,1H3/b9-6-. The number of hydrogen-bond acceptors (Lipinski definition) is 1. The molecule has 1 rings (SSSR count). The van der Waals surface area contributed by atoms with Gasteiger partial charge in [0.1, 0.15) is 0 Å². The van der Waals surface area contributed by atoms with Crippen molar-refractivity contribution in [2.45, 2.75) is 45.4 Å². The van der Waals surface area contributed by atoms with Crippen LogP contribution in [0.1, 0.15) is 45.4 Å². The molecule has 11 heavy (non-hydrogen) atoms. The third kappa shape index (κ3) is 2.49. The van der Waals surface area contributed by atoms with E-state index in [-0.39, 0.29) is 0 Å². The number of ketones is 1. The molecule has 0 heterocycles. The van der Waals surface area contributed by atoms with Crippen molar-refractivity contribution in [1.29, 1.82) is 0 Å². The minimum atomic E-state index is 0.390. The van der Waals surface area contributed by atoms with Crippen molar-refractivity contribution in [3.8, 4) is 0 Å². The molecule has 0 unspecified atom stereocenters. The number of carbonyl (C=O) groups is 1. The van der Waals surface area contributed by atoms with Crippen molar-refractivity contribution in [3.05, 3.63) is 11.6 Å². The molecule has 0 saturated heterocycles. The maximum absolute atomic E-state index is 11.1. The first-order valence-corrected chi connectivity index (χ1v) is 4.57. The van der Waals surface area contributed by atoms with Crippen LogP contribution >= 0.6 is 0 Å². The molecule has 0 spiro atoms. The number of Topliss-reactive ketones (excluding diaryl/α,β-unsaturated/α-hetero) is 1. The third-order valence-electron chi connectivity index (χ3n) is 2.16. The number of rotatable bonds is 3. The zero-order valence-corrected chi connectivity index (χ0v) is 7.23. The van der Waals surface area contributed by atoms with Gasteiger partial charge in [0.05, 0.1) is 0 Å². The Morgan fingerprint density at radius 1 is 1.45 bits per heavy atom. The van der Waals surface area contributed by atoms with E-state index in [2.05, 4.69) is 13.0 Å². The zero-order chi connectivity index (χ0) is 8.10. The molecule has 0 N–H and O–H groups in total. The Morgan fingerprint density at radius 2 is 2.27 bits per heavy atom. The van der Waals surface area contributed by atoms with Gasteiger partial charge in [-0.15, -0.1) is 0 Å². The van der Waals surface area contributed by atoms with Crippen LogP contribution in [0, 0.1) is 0 Å². The highest BCUT2D eigenvalue weighted by molar-refractivity contribution is 5.97. The summed E-state index contributed by atoms with van der Waals surface area (Å²) in [6.45, 7) is 2.18. The Kier molecular flexibility index (Phi) is 3.34. The van der Waals surface area contributed by atoms with Crippen LogP contribution in [0.4, 0.5) is 0 Å². The molecule has 0 bridgehead atoms. The number of carbonyl (C=O) groups excluding carboxylic acids is 1. The fourth-order valence-corrected chi connectivity index (χ4v) is 1.44. The molecule has 0 atom stereocenters. The van der Waals surface area contributed by atoms with Gasteiger partial charge in [-0.3, -0.25) is 4.79 Å². The summed E-state index contributed by atoms with van der Waals surface area (Å²) in [7, 11) is 0. The van der Waals surface area contributed by atoms with Gasteiger partial charge in [0, 0.05) is 6.42 Å². The third-order valence-corrected chi connectivity index (χ3v) is 2.16. The predicted molar refractivity (Wildman–Crippen MR) is 46.5 cm³/mol. The van der Waals surface area contributed by atoms with E-state index in [0.717, 1.165) is 31.3 Å². The van der Waals surface area contributed by atoms with Gasteiger partial charge in [0.25, 0.3) is 0 Å². The lowest BCUT2D eigenvalue weighted by atomic mass is 10.1. The minimum absolute atomic E-state index is 0.390. The van der Waals surface area contributed by atoms with Crippen LogP contribution in [0.15, 0.2) is 11.6 Å². The molecule has 0 amide bonds. The molecule has 1 aliphatic carbocycles. The van der Waals surface area contributed by atoms with Crippen molar-refractivity contribution in [3.63, 3.8) is 0 Å². The highest BCUT2D eigenvalue weighted by atomic mass is 16.1. The molecular weight excluding hydrogens is 136 g/mol. The van der Waals surface area contributed by atoms with E-state index < -0.39 is 0 Å². The molecular formula is C10H16O. The number of hydrogen-bond donors (Lipinski definition) is 0. The van der Waals surface area contributed by atoms with Crippen LogP contribution in [0.5, 0.6) is 0 Å². The van der Waals surface area contributed by atoms with Crippen molar-refractivity contribution in [1.82, 2.24) is 0 Å². The summed E-state index contributed by atoms with van der Waals surface area (Å²) in [6, 6.07) is 0. The molecule has 0 aromatic heterocycles. The van der Waals surface area contributed by atoms with E-state index in [0.29, 0.717) is 5.78 Å². The van der Waals surface area contributed by atoms with Crippen LogP contribution in [-0.4, -0.2) is 5.78 Å². The second kappa shape index (κ2) is 4.32. The largest absolute Gasteiger partial charge is 0.295 e. The first-order valence-electron chi connectivity index (χ1n) is 4.57. The quantitative estimate of drug-likeness (QED) is 0.449. The summed E-state index contributed by atoms with van der Waals surface area (Å²) in [6.07, 6.45) is 8.57. The average molecular weight is 152 g/mol. The Balaban J connectivity index is 2.33. The second-order valence-corrected chi connectivity index (χ2v) is 3.15. The molecule has 0 aliphatic heterocycles. The van der Waals surface area contributed by atoms with E-state index in [1.165, 1.54) is 12.8 Å². The van der Waals surface area contributed by atoms with Gasteiger partial charge >= 0.3 is 0 Å². The molecule has 0 radical (unpaired) electrons. The van der Waals surface area contributed by atoms with Crippen LogP contribution in [-0.2, 0) is 4.79 Å². The van der Waals surface area contributed by atoms with Gasteiger partial charge in [-0.1, -0.05) is 25.8 Å². The summed E-state index contributed by atoms with van der Waals surface area (Å²) in [5, 5.41) is 0. The van der Waals surface area contributed by atoms with E-state index in [9.17, 15) is 4.79 Å². The SMILES string of the molecule is CCCC/C=C1/CCCC1=O. The molecule has 0 aromatic rings. The van der Waals surface area contributed by atoms with Crippen LogP contribution in [0.25, 0.3) is 0 Å². The Hall–Kier alpha value is -0.590. The number of allylic oxidation sites excluding steroid dienone is 2. The lowest BCUT2D eigenvalue weighted by Crippen LogP contribution is -1.90. The van der Waals surface area contributed by atoms with Gasteiger partial charge in [0.15, 0.2) is 5.78 Å². The fourth-order valence-electron chi connectivity index (χ4n) is 1.44. The fraction of sp³-hybridized carbons (Fsp3) is 0.700. The van der Waals surface area contributed by atoms with E-state index >= 15 is 0 Å². The lowest BCUT2D eigenvalue weighted by molar-refractivity contribution is -0.114. The maximum atomic E-state index is 11.1. The average Bonchev–Trinajstić information content (AvgIpc) is 2.37. The van der Waals surface area contributed by atoms with Crippen LogP contribution < -0.4 is 0 Å². The van der Waals surface area contributed by atoms with E-state index in [4.69, 9.17) is 0 Å². The summed E-state index contributed by atoms with van der Waals surface area (Å²) in [4.78, 5) is 11.1. The highest BCUT2D eigenvalue weighted by Crippen LogP contribution is 2.20. The summed E-state index contributed by atoms with van der Waals surface area (Å²) < 4.78 is 0. The van der Waals surface area contributed by atoms with E-state index in [1.807, 2.05) is 0 Å². The highest BCUT2D eigenvalue weighted by Gasteiger charge is 2.15. The molecule has 1 saturated carbocycles. The first kappa shape index (κ1) is 8.51. The van der Waals surface area contributed by atoms with Gasteiger partial charge in [0.2, 0.25) is 0 Å². The molecule has 62 valence electrons. The van der Waals surface area contributed by atoms with Crippen molar-refractivity contribution in [2.75, 3.05) is 0 Å². The predicted octanol–water partition coefficient (Wildman–Crippen LogP) is 2.86. The van der Waals surface area contributed by atoms with Gasteiger partial charge in [-0.25, -0.2) is 0 Å². The Morgan fingerprint density at radius 3 is 2.82 bits per heavy atom. The summed E-state index contributed by atoms with van der Waals surface area (Å²) >= 11 is 0. The number of unbranched alkanes of at least 4 members (excludes halogenated alkanes) is 2. The molecule has 1 fully saturated rings. The smallest absolute Gasteiger partial charge is 0.158 e. The summed E-state index contributed by atoms with van der Waals surface area (Å²) in [5.41, 5.74) is 1.10. The second-order valence-electron chi connectivity index (χ2n) is 3.15. The zero-order valence-electron chi connectivity index (χ0n) is 7.23. The van der Waals surface area contributed by atoms with Crippen molar-refractivity contribution in [2.24, 2.45) is 0 Å². The van der Waals surface area contributed by atoms with Gasteiger partial charge < -0.3 is 0 Å².